The highest BCUT2D eigenvalue weighted by molar-refractivity contribution is 9.10. The highest BCUT2D eigenvalue weighted by Crippen LogP contribution is 2.51. The van der Waals surface area contributed by atoms with Gasteiger partial charge in [0.15, 0.2) is 23.1 Å². The second-order valence-electron chi connectivity index (χ2n) is 10.5. The van der Waals surface area contributed by atoms with Crippen LogP contribution in [0, 0.1) is 10.1 Å². The Morgan fingerprint density at radius 2 is 1.64 bits per heavy atom. The van der Waals surface area contributed by atoms with E-state index >= 15 is 0 Å². The Balaban J connectivity index is 1.56. The minimum atomic E-state index is -0.930. The third-order valence-electron chi connectivity index (χ3n) is 7.83. The fourth-order valence-electron chi connectivity index (χ4n) is 6.05. The predicted octanol–water partition coefficient (Wildman–Crippen LogP) is 6.22. The molecule has 0 aromatic heterocycles. The molecular formula is C31H31BrN2O8. The number of nitrogens with zero attached hydrogens (tertiary/aromatic N) is 2. The number of ether oxygens (including phenoxy) is 2. The highest BCUT2D eigenvalue weighted by atomic mass is 79.9. The number of halogens is 1. The molecule has 0 radical (unpaired) electrons. The van der Waals surface area contributed by atoms with Crippen molar-refractivity contribution in [1.82, 2.24) is 4.90 Å². The molecule has 11 heteroatoms. The van der Waals surface area contributed by atoms with Crippen LogP contribution in [0.4, 0.5) is 5.69 Å². The van der Waals surface area contributed by atoms with E-state index in [1.54, 1.807) is 12.1 Å². The molecule has 0 bridgehead atoms. The number of carboxylic acids is 1. The van der Waals surface area contributed by atoms with Crippen LogP contribution in [0.3, 0.4) is 0 Å². The van der Waals surface area contributed by atoms with Gasteiger partial charge in [0.25, 0.3) is 5.69 Å². The maximum atomic E-state index is 13.5. The molecule has 1 aliphatic heterocycles. The first-order chi connectivity index (χ1) is 20.2. The summed E-state index contributed by atoms with van der Waals surface area (Å²) in [5.74, 6) is -0.700. The summed E-state index contributed by atoms with van der Waals surface area (Å²) in [6, 6.07) is 9.76. The summed E-state index contributed by atoms with van der Waals surface area (Å²) >= 11 is 3.63. The Morgan fingerprint density at radius 3 is 2.19 bits per heavy atom. The van der Waals surface area contributed by atoms with Crippen molar-refractivity contribution in [2.45, 2.75) is 64.4 Å². The Morgan fingerprint density at radius 1 is 1.02 bits per heavy atom. The van der Waals surface area contributed by atoms with Crippen LogP contribution in [-0.2, 0) is 21.0 Å². The monoisotopic (exact) mass is 638 g/mol. The fraction of sp³-hybridized carbons (Fsp3) is 0.387. The molecule has 0 amide bonds. The number of allylic oxidation sites excluding steroid dienone is 4. The third-order valence-corrected chi connectivity index (χ3v) is 8.42. The van der Waals surface area contributed by atoms with Crippen molar-refractivity contribution in [3.63, 3.8) is 0 Å². The molecule has 1 N–H and O–H groups in total. The van der Waals surface area contributed by atoms with E-state index in [0.717, 1.165) is 22.5 Å². The van der Waals surface area contributed by atoms with E-state index < -0.39 is 16.8 Å². The van der Waals surface area contributed by atoms with Crippen LogP contribution in [-0.4, -0.2) is 45.6 Å². The van der Waals surface area contributed by atoms with Crippen molar-refractivity contribution in [3.8, 4) is 11.5 Å². The van der Waals surface area contributed by atoms with Gasteiger partial charge in [-0.15, -0.1) is 0 Å². The first kappa shape index (κ1) is 29.5. The standard InChI is InChI=1S/C31H31BrN2O8/c1-2-41-26-16-19(15-21(32)31(26)42-17-18-9-11-20(12-10-18)34(39)40)28-29-22(5-3-7-24(29)35)33(14-13-27(37)38)23-6-4-8-25(36)30(23)28/h9-12,15-16,28H,2-8,13-14,17H2,1H3,(H,37,38). The number of hydrogen-bond donors (Lipinski definition) is 1. The summed E-state index contributed by atoms with van der Waals surface area (Å²) in [7, 11) is 0. The van der Waals surface area contributed by atoms with Crippen molar-refractivity contribution in [2.75, 3.05) is 13.2 Å². The van der Waals surface area contributed by atoms with Gasteiger partial charge in [-0.05, 0) is 83.9 Å². The van der Waals surface area contributed by atoms with Gasteiger partial charge in [0, 0.05) is 60.0 Å². The van der Waals surface area contributed by atoms with Crippen molar-refractivity contribution in [1.29, 1.82) is 0 Å². The number of hydrogen-bond acceptors (Lipinski definition) is 8. The molecule has 0 spiro atoms. The largest absolute Gasteiger partial charge is 0.490 e. The fourth-order valence-corrected chi connectivity index (χ4v) is 6.63. The van der Waals surface area contributed by atoms with Gasteiger partial charge < -0.3 is 19.5 Å². The van der Waals surface area contributed by atoms with Gasteiger partial charge in [0.2, 0.25) is 0 Å². The zero-order valence-electron chi connectivity index (χ0n) is 23.2. The number of carbonyl (C=O) groups is 3. The molecule has 5 rings (SSSR count). The van der Waals surface area contributed by atoms with Crippen molar-refractivity contribution in [3.05, 3.63) is 84.7 Å². The molecule has 2 aromatic carbocycles. The summed E-state index contributed by atoms with van der Waals surface area (Å²) in [5.41, 5.74) is 4.21. The SMILES string of the molecule is CCOc1cc(C2C3=C(CCCC3=O)N(CCC(=O)O)C3=C2C(=O)CCC3)cc(Br)c1OCc1ccc([N+](=O)[O-])cc1. The van der Waals surface area contributed by atoms with E-state index in [0.29, 0.717) is 72.2 Å². The van der Waals surface area contributed by atoms with E-state index in [4.69, 9.17) is 9.47 Å². The first-order valence-corrected chi connectivity index (χ1v) is 14.8. The molecule has 0 saturated heterocycles. The lowest BCUT2D eigenvalue weighted by atomic mass is 9.71. The molecule has 220 valence electrons. The van der Waals surface area contributed by atoms with Crippen molar-refractivity contribution < 1.29 is 33.9 Å². The zero-order chi connectivity index (χ0) is 30.0. The minimum absolute atomic E-state index is 0.00911. The number of rotatable bonds is 10. The van der Waals surface area contributed by atoms with Crippen LogP contribution in [0.1, 0.15) is 68.9 Å². The Labute approximate surface area is 251 Å². The molecule has 1 heterocycles. The summed E-state index contributed by atoms with van der Waals surface area (Å²) in [6.07, 6.45) is 3.27. The van der Waals surface area contributed by atoms with Crippen molar-refractivity contribution >= 4 is 39.2 Å². The number of nitro benzene ring substituents is 1. The summed E-state index contributed by atoms with van der Waals surface area (Å²) in [5, 5.41) is 20.4. The van der Waals surface area contributed by atoms with Crippen LogP contribution in [0.25, 0.3) is 0 Å². The molecule has 42 heavy (non-hydrogen) atoms. The van der Waals surface area contributed by atoms with Gasteiger partial charge in [0.05, 0.1) is 22.4 Å². The maximum Gasteiger partial charge on any atom is 0.305 e. The van der Waals surface area contributed by atoms with Crippen molar-refractivity contribution in [2.24, 2.45) is 0 Å². The quantitative estimate of drug-likeness (QED) is 0.237. The molecule has 2 aliphatic carbocycles. The first-order valence-electron chi connectivity index (χ1n) is 14.0. The van der Waals surface area contributed by atoms with Gasteiger partial charge in [-0.25, -0.2) is 0 Å². The number of carbonyl (C=O) groups excluding carboxylic acids is 2. The molecule has 0 unspecified atom stereocenters. The Hall–Kier alpha value is -3.99. The molecule has 10 nitrogen and oxygen atoms in total. The second-order valence-corrected chi connectivity index (χ2v) is 11.3. The average molecular weight is 639 g/mol. The Bertz CT molecular complexity index is 1470. The van der Waals surface area contributed by atoms with Gasteiger partial charge in [-0.2, -0.15) is 0 Å². The summed E-state index contributed by atoms with van der Waals surface area (Å²) < 4.78 is 12.7. The lowest BCUT2D eigenvalue weighted by Crippen LogP contribution is -2.39. The molecular weight excluding hydrogens is 608 g/mol. The van der Waals surface area contributed by atoms with Crippen LogP contribution < -0.4 is 9.47 Å². The van der Waals surface area contributed by atoms with Crippen LogP contribution >= 0.6 is 15.9 Å². The highest BCUT2D eigenvalue weighted by Gasteiger charge is 2.43. The van der Waals surface area contributed by atoms with Crippen LogP contribution in [0.15, 0.2) is 63.4 Å². The number of benzene rings is 2. The Kier molecular flexibility index (Phi) is 8.77. The maximum absolute atomic E-state index is 13.5. The zero-order valence-corrected chi connectivity index (χ0v) is 24.8. The summed E-state index contributed by atoms with van der Waals surface area (Å²) in [4.78, 5) is 51.0. The van der Waals surface area contributed by atoms with Gasteiger partial charge in [0.1, 0.15) is 6.61 Å². The molecule has 0 saturated carbocycles. The number of Topliss-reactive ketones (excluding diaryl/α,β-unsaturated/α-hetero) is 2. The second kappa shape index (κ2) is 12.5. The van der Waals surface area contributed by atoms with E-state index in [-0.39, 0.29) is 36.8 Å². The van der Waals surface area contributed by atoms with Crippen LogP contribution in [0.2, 0.25) is 0 Å². The molecule has 0 fully saturated rings. The predicted molar refractivity (Wildman–Crippen MR) is 156 cm³/mol. The molecule has 2 aromatic rings. The molecule has 3 aliphatic rings. The minimum Gasteiger partial charge on any atom is -0.490 e. The normalized spacial score (nSPS) is 17.2. The summed E-state index contributed by atoms with van der Waals surface area (Å²) in [6.45, 7) is 2.54. The van der Waals surface area contributed by atoms with Crippen LogP contribution in [0.5, 0.6) is 11.5 Å². The number of carboxylic acid groups (broad SMARTS) is 1. The van der Waals surface area contributed by atoms with E-state index in [2.05, 4.69) is 15.9 Å². The van der Waals surface area contributed by atoms with E-state index in [1.165, 1.54) is 12.1 Å². The lowest BCUT2D eigenvalue weighted by molar-refractivity contribution is -0.384. The van der Waals surface area contributed by atoms with Gasteiger partial charge in [-0.1, -0.05) is 0 Å². The van der Waals surface area contributed by atoms with E-state index in [9.17, 15) is 29.6 Å². The van der Waals surface area contributed by atoms with E-state index in [1.807, 2.05) is 24.0 Å². The number of ketones is 2. The topological polar surface area (TPSA) is 136 Å². The van der Waals surface area contributed by atoms with Gasteiger partial charge >= 0.3 is 5.97 Å². The molecule has 0 atom stereocenters. The number of nitro groups is 1. The lowest BCUT2D eigenvalue weighted by Gasteiger charge is -2.44. The smallest absolute Gasteiger partial charge is 0.305 e. The number of non-ortho nitro benzene ring substituents is 1. The third kappa shape index (κ3) is 5.83. The van der Waals surface area contributed by atoms with Gasteiger partial charge in [-0.3, -0.25) is 24.5 Å². The average Bonchev–Trinajstić information content (AvgIpc) is 2.95. The number of aliphatic carboxylic acids is 1.